The van der Waals surface area contributed by atoms with Crippen molar-refractivity contribution in [3.05, 3.63) is 0 Å². The zero-order valence-corrected chi connectivity index (χ0v) is 10.6. The summed E-state index contributed by atoms with van der Waals surface area (Å²) in [4.78, 5) is 11.4. The molecule has 4 nitrogen and oxygen atoms in total. The Morgan fingerprint density at radius 2 is 2.25 bits per heavy atom. The molecule has 1 saturated heterocycles. The van der Waals surface area contributed by atoms with Crippen molar-refractivity contribution < 1.29 is 19.4 Å². The van der Waals surface area contributed by atoms with E-state index in [1.54, 1.807) is 7.11 Å². The van der Waals surface area contributed by atoms with Gasteiger partial charge in [-0.2, -0.15) is 0 Å². The van der Waals surface area contributed by atoms with E-state index in [9.17, 15) is 9.90 Å². The van der Waals surface area contributed by atoms with Gasteiger partial charge in [-0.15, -0.1) is 0 Å². The number of rotatable bonds is 5. The van der Waals surface area contributed by atoms with Gasteiger partial charge in [0.2, 0.25) is 0 Å². The summed E-state index contributed by atoms with van der Waals surface area (Å²) < 4.78 is 10.7. The molecule has 0 aromatic carbocycles. The SMILES string of the molecule is COC(C)(C)CCC1(C(=O)O)CCOC1C. The Morgan fingerprint density at radius 1 is 1.62 bits per heavy atom. The number of carboxylic acid groups (broad SMARTS) is 1. The Balaban J connectivity index is 2.70. The standard InChI is InChI=1S/C12H22O4/c1-9-12(10(13)14,7-8-16-9)6-5-11(2,3)15-4/h9H,5-8H2,1-4H3,(H,13,14). The fourth-order valence-corrected chi connectivity index (χ4v) is 2.12. The van der Waals surface area contributed by atoms with Crippen molar-refractivity contribution >= 4 is 5.97 Å². The molecule has 0 aromatic rings. The van der Waals surface area contributed by atoms with E-state index in [4.69, 9.17) is 9.47 Å². The molecule has 0 amide bonds. The van der Waals surface area contributed by atoms with E-state index < -0.39 is 11.4 Å². The molecular weight excluding hydrogens is 208 g/mol. The van der Waals surface area contributed by atoms with Gasteiger partial charge in [-0.3, -0.25) is 4.79 Å². The number of carboxylic acids is 1. The molecule has 1 aliphatic rings. The van der Waals surface area contributed by atoms with Crippen LogP contribution in [0.4, 0.5) is 0 Å². The zero-order chi connectivity index (χ0) is 12.4. The predicted molar refractivity (Wildman–Crippen MR) is 60.4 cm³/mol. The Morgan fingerprint density at radius 3 is 2.62 bits per heavy atom. The van der Waals surface area contributed by atoms with Crippen molar-refractivity contribution in [3.63, 3.8) is 0 Å². The number of carbonyl (C=O) groups is 1. The van der Waals surface area contributed by atoms with Crippen molar-refractivity contribution in [1.29, 1.82) is 0 Å². The van der Waals surface area contributed by atoms with E-state index in [0.717, 1.165) is 6.42 Å². The van der Waals surface area contributed by atoms with Gasteiger partial charge in [0, 0.05) is 13.7 Å². The van der Waals surface area contributed by atoms with Gasteiger partial charge in [0.1, 0.15) is 0 Å². The highest BCUT2D eigenvalue weighted by atomic mass is 16.5. The molecule has 1 aliphatic heterocycles. The molecule has 4 heteroatoms. The molecule has 0 spiro atoms. The van der Waals surface area contributed by atoms with Crippen LogP contribution in [0, 0.1) is 5.41 Å². The molecule has 1 heterocycles. The molecule has 1 fully saturated rings. The fraction of sp³-hybridized carbons (Fsp3) is 0.917. The van der Waals surface area contributed by atoms with Crippen molar-refractivity contribution in [2.75, 3.05) is 13.7 Å². The monoisotopic (exact) mass is 230 g/mol. The maximum absolute atomic E-state index is 11.4. The van der Waals surface area contributed by atoms with Crippen LogP contribution in [0.1, 0.15) is 40.0 Å². The average molecular weight is 230 g/mol. The van der Waals surface area contributed by atoms with Crippen molar-refractivity contribution in [3.8, 4) is 0 Å². The number of hydrogen-bond acceptors (Lipinski definition) is 3. The zero-order valence-electron chi connectivity index (χ0n) is 10.6. The molecule has 2 unspecified atom stereocenters. The van der Waals surface area contributed by atoms with Crippen molar-refractivity contribution in [2.45, 2.75) is 51.7 Å². The quantitative estimate of drug-likeness (QED) is 0.785. The van der Waals surface area contributed by atoms with Crippen LogP contribution in [0.3, 0.4) is 0 Å². The lowest BCUT2D eigenvalue weighted by atomic mass is 9.75. The molecule has 16 heavy (non-hydrogen) atoms. The maximum Gasteiger partial charge on any atom is 0.312 e. The second-order valence-corrected chi connectivity index (χ2v) is 5.19. The van der Waals surface area contributed by atoms with E-state index >= 15 is 0 Å². The minimum atomic E-state index is -0.746. The second kappa shape index (κ2) is 4.72. The Bertz CT molecular complexity index is 262. The number of aliphatic carboxylic acids is 1. The first-order chi connectivity index (χ1) is 7.34. The van der Waals surface area contributed by atoms with E-state index in [1.165, 1.54) is 0 Å². The highest BCUT2D eigenvalue weighted by molar-refractivity contribution is 5.75. The summed E-state index contributed by atoms with van der Waals surface area (Å²) in [5, 5.41) is 9.38. The first kappa shape index (κ1) is 13.5. The van der Waals surface area contributed by atoms with Crippen LogP contribution in [-0.4, -0.2) is 36.5 Å². The Labute approximate surface area is 96.9 Å². The normalized spacial score (nSPS) is 30.6. The van der Waals surface area contributed by atoms with Gasteiger partial charge < -0.3 is 14.6 Å². The highest BCUT2D eigenvalue weighted by Gasteiger charge is 2.48. The van der Waals surface area contributed by atoms with E-state index in [2.05, 4.69) is 0 Å². The largest absolute Gasteiger partial charge is 0.481 e. The van der Waals surface area contributed by atoms with Gasteiger partial charge in [-0.05, 0) is 40.0 Å². The topological polar surface area (TPSA) is 55.8 Å². The van der Waals surface area contributed by atoms with Gasteiger partial charge in [0.05, 0.1) is 17.1 Å². The Kier molecular flexibility index (Phi) is 3.97. The van der Waals surface area contributed by atoms with Crippen molar-refractivity contribution in [2.24, 2.45) is 5.41 Å². The highest BCUT2D eigenvalue weighted by Crippen LogP contribution is 2.41. The lowest BCUT2D eigenvalue weighted by Crippen LogP contribution is -2.39. The van der Waals surface area contributed by atoms with E-state index in [1.807, 2.05) is 20.8 Å². The predicted octanol–water partition coefficient (Wildman–Crippen LogP) is 2.07. The molecule has 2 atom stereocenters. The molecule has 94 valence electrons. The molecule has 0 aromatic heterocycles. The lowest BCUT2D eigenvalue weighted by molar-refractivity contribution is -0.153. The van der Waals surface area contributed by atoms with Gasteiger partial charge in [0.15, 0.2) is 0 Å². The van der Waals surface area contributed by atoms with Crippen LogP contribution in [0.2, 0.25) is 0 Å². The van der Waals surface area contributed by atoms with Gasteiger partial charge in [-0.25, -0.2) is 0 Å². The Hall–Kier alpha value is -0.610. The average Bonchev–Trinajstić information content (AvgIpc) is 2.58. The third-order valence-electron chi connectivity index (χ3n) is 3.85. The van der Waals surface area contributed by atoms with Crippen LogP contribution < -0.4 is 0 Å². The summed E-state index contributed by atoms with van der Waals surface area (Å²) in [6, 6.07) is 0. The van der Waals surface area contributed by atoms with Gasteiger partial charge in [-0.1, -0.05) is 0 Å². The van der Waals surface area contributed by atoms with Gasteiger partial charge >= 0.3 is 5.97 Å². The molecule has 0 bridgehead atoms. The number of ether oxygens (including phenoxy) is 2. The van der Waals surface area contributed by atoms with E-state index in [0.29, 0.717) is 19.4 Å². The summed E-state index contributed by atoms with van der Waals surface area (Å²) in [6.45, 7) is 6.34. The summed E-state index contributed by atoms with van der Waals surface area (Å²) in [7, 11) is 1.65. The smallest absolute Gasteiger partial charge is 0.312 e. The fourth-order valence-electron chi connectivity index (χ4n) is 2.12. The molecule has 0 aliphatic carbocycles. The molecule has 1 rings (SSSR count). The number of methoxy groups -OCH3 is 1. The second-order valence-electron chi connectivity index (χ2n) is 5.19. The van der Waals surface area contributed by atoms with Crippen LogP contribution in [0.15, 0.2) is 0 Å². The van der Waals surface area contributed by atoms with Crippen LogP contribution >= 0.6 is 0 Å². The minimum Gasteiger partial charge on any atom is -0.481 e. The van der Waals surface area contributed by atoms with Crippen LogP contribution in [0.5, 0.6) is 0 Å². The summed E-state index contributed by atoms with van der Waals surface area (Å²) >= 11 is 0. The number of hydrogen-bond donors (Lipinski definition) is 1. The first-order valence-corrected chi connectivity index (χ1v) is 5.74. The lowest BCUT2D eigenvalue weighted by Gasteiger charge is -2.31. The molecule has 1 N–H and O–H groups in total. The minimum absolute atomic E-state index is 0.211. The summed E-state index contributed by atoms with van der Waals surface area (Å²) in [5.41, 5.74) is -0.999. The summed E-state index contributed by atoms with van der Waals surface area (Å²) in [5.74, 6) is -0.746. The third kappa shape index (κ3) is 2.55. The van der Waals surface area contributed by atoms with Gasteiger partial charge in [0.25, 0.3) is 0 Å². The molecular formula is C12H22O4. The summed E-state index contributed by atoms with van der Waals surface area (Å²) in [6.07, 6.45) is 1.72. The van der Waals surface area contributed by atoms with Crippen molar-refractivity contribution in [1.82, 2.24) is 0 Å². The first-order valence-electron chi connectivity index (χ1n) is 5.74. The third-order valence-corrected chi connectivity index (χ3v) is 3.85. The maximum atomic E-state index is 11.4. The molecule has 0 saturated carbocycles. The molecule has 0 radical (unpaired) electrons. The van der Waals surface area contributed by atoms with Crippen LogP contribution in [-0.2, 0) is 14.3 Å². The van der Waals surface area contributed by atoms with E-state index in [-0.39, 0.29) is 11.7 Å². The van der Waals surface area contributed by atoms with Crippen LogP contribution in [0.25, 0.3) is 0 Å².